The number of benzene rings is 1. The van der Waals surface area contributed by atoms with E-state index < -0.39 is 0 Å². The molecular formula is C15H22N2O2. The van der Waals surface area contributed by atoms with Crippen molar-refractivity contribution in [1.82, 2.24) is 5.32 Å². The zero-order valence-corrected chi connectivity index (χ0v) is 11.4. The number of hydrogen-bond acceptors (Lipinski definition) is 3. The second-order valence-corrected chi connectivity index (χ2v) is 5.48. The lowest BCUT2D eigenvalue weighted by atomic mass is 9.97. The third-order valence-electron chi connectivity index (χ3n) is 3.94. The van der Waals surface area contributed by atoms with Gasteiger partial charge < -0.3 is 16.2 Å². The summed E-state index contributed by atoms with van der Waals surface area (Å²) < 4.78 is 0. The molecular weight excluding hydrogens is 240 g/mol. The summed E-state index contributed by atoms with van der Waals surface area (Å²) in [4.78, 5) is 12.1. The van der Waals surface area contributed by atoms with Gasteiger partial charge in [-0.25, -0.2) is 0 Å². The van der Waals surface area contributed by atoms with Crippen molar-refractivity contribution in [1.29, 1.82) is 0 Å². The highest BCUT2D eigenvalue weighted by molar-refractivity contribution is 5.95. The predicted molar refractivity (Wildman–Crippen MR) is 75.8 cm³/mol. The molecule has 1 aromatic carbocycles. The zero-order chi connectivity index (χ0) is 13.8. The molecule has 4 heteroatoms. The van der Waals surface area contributed by atoms with E-state index in [2.05, 4.69) is 5.32 Å². The summed E-state index contributed by atoms with van der Waals surface area (Å²) in [5.74, 6) is 0.651. The van der Waals surface area contributed by atoms with Gasteiger partial charge in [-0.2, -0.15) is 0 Å². The summed E-state index contributed by atoms with van der Waals surface area (Å²) in [5, 5.41) is 12.2. The van der Waals surface area contributed by atoms with Gasteiger partial charge in [-0.1, -0.05) is 6.42 Å². The van der Waals surface area contributed by atoms with Gasteiger partial charge in [0.05, 0.1) is 0 Å². The molecule has 0 aromatic heterocycles. The van der Waals surface area contributed by atoms with E-state index in [1.54, 1.807) is 6.07 Å². The number of amides is 1. The van der Waals surface area contributed by atoms with E-state index in [9.17, 15) is 9.90 Å². The van der Waals surface area contributed by atoms with E-state index in [1.807, 2.05) is 19.1 Å². The number of aryl methyl sites for hydroxylation is 1. The van der Waals surface area contributed by atoms with Crippen molar-refractivity contribution in [3.63, 3.8) is 0 Å². The SMILES string of the molecule is Cc1cc(N)cc(C(=O)NCC2CCCC2CO)c1. The van der Waals surface area contributed by atoms with Crippen LogP contribution in [-0.4, -0.2) is 24.2 Å². The lowest BCUT2D eigenvalue weighted by Gasteiger charge is -2.18. The summed E-state index contributed by atoms with van der Waals surface area (Å²) in [7, 11) is 0. The molecule has 104 valence electrons. The molecule has 1 fully saturated rings. The lowest BCUT2D eigenvalue weighted by Crippen LogP contribution is -2.31. The molecule has 2 rings (SSSR count). The Labute approximate surface area is 114 Å². The van der Waals surface area contributed by atoms with Crippen molar-refractivity contribution in [3.05, 3.63) is 29.3 Å². The minimum atomic E-state index is -0.0843. The first-order valence-corrected chi connectivity index (χ1v) is 6.86. The van der Waals surface area contributed by atoms with E-state index in [0.717, 1.165) is 24.8 Å². The number of anilines is 1. The van der Waals surface area contributed by atoms with Crippen LogP contribution in [0.3, 0.4) is 0 Å². The maximum Gasteiger partial charge on any atom is 0.251 e. The lowest BCUT2D eigenvalue weighted by molar-refractivity contribution is 0.0937. The highest BCUT2D eigenvalue weighted by atomic mass is 16.3. The monoisotopic (exact) mass is 262 g/mol. The van der Waals surface area contributed by atoms with Gasteiger partial charge in [0.2, 0.25) is 0 Å². The Morgan fingerprint density at radius 3 is 2.79 bits per heavy atom. The Hall–Kier alpha value is -1.55. The molecule has 1 aliphatic rings. The van der Waals surface area contributed by atoms with Gasteiger partial charge in [0.25, 0.3) is 5.91 Å². The smallest absolute Gasteiger partial charge is 0.251 e. The van der Waals surface area contributed by atoms with Crippen LogP contribution in [0.15, 0.2) is 18.2 Å². The minimum Gasteiger partial charge on any atom is -0.399 e. The number of nitrogen functional groups attached to an aromatic ring is 1. The molecule has 19 heavy (non-hydrogen) atoms. The van der Waals surface area contributed by atoms with Crippen LogP contribution in [-0.2, 0) is 0 Å². The van der Waals surface area contributed by atoms with Gasteiger partial charge >= 0.3 is 0 Å². The summed E-state index contributed by atoms with van der Waals surface area (Å²) >= 11 is 0. The van der Waals surface area contributed by atoms with Crippen LogP contribution < -0.4 is 11.1 Å². The Kier molecular flexibility index (Phi) is 4.43. The first-order chi connectivity index (χ1) is 9.10. The van der Waals surface area contributed by atoms with Crippen LogP contribution in [0.25, 0.3) is 0 Å². The Balaban J connectivity index is 1.94. The molecule has 0 bridgehead atoms. The number of carbonyl (C=O) groups is 1. The van der Waals surface area contributed by atoms with Crippen LogP contribution in [0.4, 0.5) is 5.69 Å². The fourth-order valence-corrected chi connectivity index (χ4v) is 2.89. The van der Waals surface area contributed by atoms with Crippen molar-refractivity contribution in [2.75, 3.05) is 18.9 Å². The Morgan fingerprint density at radius 2 is 2.11 bits per heavy atom. The highest BCUT2D eigenvalue weighted by Crippen LogP contribution is 2.30. The fraction of sp³-hybridized carbons (Fsp3) is 0.533. The summed E-state index contributed by atoms with van der Waals surface area (Å²) in [5.41, 5.74) is 7.95. The Bertz CT molecular complexity index is 439. The predicted octanol–water partition coefficient (Wildman–Crippen LogP) is 1.72. The van der Waals surface area contributed by atoms with E-state index in [0.29, 0.717) is 29.6 Å². The Morgan fingerprint density at radius 1 is 1.37 bits per heavy atom. The molecule has 2 unspecified atom stereocenters. The average Bonchev–Trinajstić information content (AvgIpc) is 2.82. The first-order valence-electron chi connectivity index (χ1n) is 6.86. The molecule has 2 atom stereocenters. The average molecular weight is 262 g/mol. The maximum absolute atomic E-state index is 12.1. The largest absolute Gasteiger partial charge is 0.399 e. The molecule has 0 aliphatic heterocycles. The van der Waals surface area contributed by atoms with Crippen molar-refractivity contribution in [3.8, 4) is 0 Å². The van der Waals surface area contributed by atoms with E-state index in [-0.39, 0.29) is 12.5 Å². The maximum atomic E-state index is 12.1. The molecule has 1 aliphatic carbocycles. The van der Waals surface area contributed by atoms with Gasteiger partial charge in [-0.05, 0) is 55.4 Å². The van der Waals surface area contributed by atoms with Crippen molar-refractivity contribution in [2.24, 2.45) is 11.8 Å². The minimum absolute atomic E-state index is 0.0843. The van der Waals surface area contributed by atoms with Gasteiger partial charge in [0, 0.05) is 24.4 Å². The standard InChI is InChI=1S/C15H22N2O2/c1-10-5-13(7-14(16)6-10)15(19)17-8-11-3-2-4-12(11)9-18/h5-7,11-12,18H,2-4,8-9,16H2,1H3,(H,17,19). The van der Waals surface area contributed by atoms with Crippen LogP contribution in [0.5, 0.6) is 0 Å². The van der Waals surface area contributed by atoms with Crippen molar-refractivity contribution in [2.45, 2.75) is 26.2 Å². The number of aliphatic hydroxyl groups is 1. The second-order valence-electron chi connectivity index (χ2n) is 5.48. The molecule has 0 saturated heterocycles. The third kappa shape index (κ3) is 3.47. The molecule has 4 N–H and O–H groups in total. The van der Waals surface area contributed by atoms with E-state index in [4.69, 9.17) is 5.73 Å². The third-order valence-corrected chi connectivity index (χ3v) is 3.94. The summed E-state index contributed by atoms with van der Waals surface area (Å²) in [6.07, 6.45) is 3.29. The van der Waals surface area contributed by atoms with Gasteiger partial charge in [-0.3, -0.25) is 4.79 Å². The van der Waals surface area contributed by atoms with Crippen LogP contribution >= 0.6 is 0 Å². The molecule has 4 nitrogen and oxygen atoms in total. The quantitative estimate of drug-likeness (QED) is 0.723. The van der Waals surface area contributed by atoms with Crippen molar-refractivity contribution >= 4 is 11.6 Å². The van der Waals surface area contributed by atoms with Crippen molar-refractivity contribution < 1.29 is 9.90 Å². The topological polar surface area (TPSA) is 75.4 Å². The van der Waals surface area contributed by atoms with Gasteiger partial charge in [-0.15, -0.1) is 0 Å². The molecule has 0 spiro atoms. The molecule has 0 heterocycles. The number of nitrogens with two attached hydrogens (primary N) is 1. The number of hydrogen-bond donors (Lipinski definition) is 3. The fourth-order valence-electron chi connectivity index (χ4n) is 2.89. The normalized spacial score (nSPS) is 22.4. The molecule has 0 radical (unpaired) electrons. The highest BCUT2D eigenvalue weighted by Gasteiger charge is 2.26. The molecule has 1 amide bonds. The molecule has 1 aromatic rings. The zero-order valence-electron chi connectivity index (χ0n) is 11.4. The van der Waals surface area contributed by atoms with Crippen LogP contribution in [0.1, 0.15) is 35.2 Å². The second kappa shape index (κ2) is 6.06. The summed E-state index contributed by atoms with van der Waals surface area (Å²) in [6.45, 7) is 2.78. The van der Waals surface area contributed by atoms with Crippen LogP contribution in [0.2, 0.25) is 0 Å². The number of aliphatic hydroxyl groups excluding tert-OH is 1. The first kappa shape index (κ1) is 13.9. The number of rotatable bonds is 4. The van der Waals surface area contributed by atoms with Gasteiger partial charge in [0.15, 0.2) is 0 Å². The van der Waals surface area contributed by atoms with E-state index >= 15 is 0 Å². The summed E-state index contributed by atoms with van der Waals surface area (Å²) in [6, 6.07) is 5.37. The molecule has 1 saturated carbocycles. The number of carbonyl (C=O) groups excluding carboxylic acids is 1. The van der Waals surface area contributed by atoms with Gasteiger partial charge in [0.1, 0.15) is 0 Å². The van der Waals surface area contributed by atoms with E-state index in [1.165, 1.54) is 0 Å². The number of nitrogens with one attached hydrogen (secondary N) is 1. The van der Waals surface area contributed by atoms with Crippen LogP contribution in [0, 0.1) is 18.8 Å².